The van der Waals surface area contributed by atoms with Crippen molar-refractivity contribution in [1.29, 1.82) is 0 Å². The van der Waals surface area contributed by atoms with Crippen LogP contribution in [0.3, 0.4) is 0 Å². The van der Waals surface area contributed by atoms with Gasteiger partial charge in [0.15, 0.2) is 0 Å². The van der Waals surface area contributed by atoms with Gasteiger partial charge in [-0.1, -0.05) is 29.8 Å². The molecule has 0 spiro atoms. The third-order valence-electron chi connectivity index (χ3n) is 7.61. The third kappa shape index (κ3) is 7.61. The number of carbonyl (C=O) groups is 3. The Morgan fingerprint density at radius 1 is 1.11 bits per heavy atom. The number of likely N-dealkylation sites (tertiary alicyclic amines) is 1. The van der Waals surface area contributed by atoms with Gasteiger partial charge in [-0.05, 0) is 75.2 Å². The van der Waals surface area contributed by atoms with E-state index in [9.17, 15) is 19.5 Å². The standard InChI is InChI=1S/C29H38N4O4/c1-20-4-7-22(8-5-20)24-15-25(18-31-17-24)26(16-28(35)36)32-29(37)23-3-2-14-33(19-23)27(34)9-6-21-10-12-30-13-11-21/h4-5,7-8,15,17-18,21,23,26,30H,2-3,6,9-14,16,19H2,1H3,(H,32,37)(H,35,36). The van der Waals surface area contributed by atoms with Crippen LogP contribution in [-0.4, -0.2) is 59.0 Å². The number of hydrogen-bond acceptors (Lipinski definition) is 5. The molecule has 37 heavy (non-hydrogen) atoms. The number of aliphatic carboxylic acids is 1. The zero-order valence-corrected chi connectivity index (χ0v) is 21.6. The van der Waals surface area contributed by atoms with Crippen molar-refractivity contribution in [3.8, 4) is 11.1 Å². The first-order valence-corrected chi connectivity index (χ1v) is 13.4. The van der Waals surface area contributed by atoms with E-state index in [-0.39, 0.29) is 24.2 Å². The van der Waals surface area contributed by atoms with Crippen molar-refractivity contribution in [2.24, 2.45) is 11.8 Å². The number of aryl methyl sites for hydroxylation is 1. The quantitative estimate of drug-likeness (QED) is 0.478. The Balaban J connectivity index is 1.39. The van der Waals surface area contributed by atoms with Gasteiger partial charge in [-0.3, -0.25) is 19.4 Å². The topological polar surface area (TPSA) is 112 Å². The molecule has 1 aromatic carbocycles. The molecule has 2 unspecified atom stereocenters. The van der Waals surface area contributed by atoms with E-state index < -0.39 is 12.0 Å². The second-order valence-electron chi connectivity index (χ2n) is 10.4. The average Bonchev–Trinajstić information content (AvgIpc) is 2.92. The molecule has 2 aliphatic rings. The van der Waals surface area contributed by atoms with Gasteiger partial charge in [-0.25, -0.2) is 0 Å². The Morgan fingerprint density at radius 2 is 1.86 bits per heavy atom. The number of amides is 2. The number of rotatable bonds is 9. The molecule has 2 aliphatic heterocycles. The van der Waals surface area contributed by atoms with Crippen LogP contribution in [0.15, 0.2) is 42.7 Å². The lowest BCUT2D eigenvalue weighted by Gasteiger charge is -2.33. The van der Waals surface area contributed by atoms with Gasteiger partial charge in [0.2, 0.25) is 11.8 Å². The molecule has 0 bridgehead atoms. The van der Waals surface area contributed by atoms with Crippen molar-refractivity contribution >= 4 is 17.8 Å². The van der Waals surface area contributed by atoms with Crippen LogP contribution >= 0.6 is 0 Å². The molecule has 2 aromatic rings. The molecule has 4 rings (SSSR count). The molecule has 2 saturated heterocycles. The van der Waals surface area contributed by atoms with Crippen molar-refractivity contribution in [2.75, 3.05) is 26.2 Å². The van der Waals surface area contributed by atoms with Crippen LogP contribution in [0.4, 0.5) is 0 Å². The maximum absolute atomic E-state index is 13.3. The maximum Gasteiger partial charge on any atom is 0.305 e. The summed E-state index contributed by atoms with van der Waals surface area (Å²) in [7, 11) is 0. The van der Waals surface area contributed by atoms with Crippen molar-refractivity contribution in [2.45, 2.75) is 57.9 Å². The Kier molecular flexibility index (Phi) is 9.28. The molecule has 198 valence electrons. The molecule has 2 atom stereocenters. The predicted octanol–water partition coefficient (Wildman–Crippen LogP) is 3.71. The van der Waals surface area contributed by atoms with Gasteiger partial charge in [-0.15, -0.1) is 0 Å². The number of carboxylic acid groups (broad SMARTS) is 1. The summed E-state index contributed by atoms with van der Waals surface area (Å²) in [5.41, 5.74) is 3.64. The SMILES string of the molecule is Cc1ccc(-c2cncc(C(CC(=O)O)NC(=O)C3CCCN(C(=O)CCC4CCNCC4)C3)c2)cc1. The third-order valence-corrected chi connectivity index (χ3v) is 7.61. The molecule has 3 heterocycles. The molecule has 8 nitrogen and oxygen atoms in total. The van der Waals surface area contributed by atoms with Crippen LogP contribution in [0, 0.1) is 18.8 Å². The van der Waals surface area contributed by atoms with Crippen LogP contribution < -0.4 is 10.6 Å². The zero-order chi connectivity index (χ0) is 26.2. The van der Waals surface area contributed by atoms with E-state index in [1.165, 1.54) is 0 Å². The first-order chi connectivity index (χ1) is 17.9. The summed E-state index contributed by atoms with van der Waals surface area (Å²) < 4.78 is 0. The summed E-state index contributed by atoms with van der Waals surface area (Å²) in [6, 6.07) is 9.22. The van der Waals surface area contributed by atoms with E-state index in [0.29, 0.717) is 37.4 Å². The second-order valence-corrected chi connectivity index (χ2v) is 10.4. The fourth-order valence-electron chi connectivity index (χ4n) is 5.34. The number of hydrogen-bond donors (Lipinski definition) is 3. The molecule has 1 aromatic heterocycles. The summed E-state index contributed by atoms with van der Waals surface area (Å²) in [6.07, 6.45) is 8.22. The Bertz CT molecular complexity index is 1080. The smallest absolute Gasteiger partial charge is 0.305 e. The molecular weight excluding hydrogens is 468 g/mol. The van der Waals surface area contributed by atoms with Gasteiger partial charge in [0.25, 0.3) is 0 Å². The Hall–Kier alpha value is -3.26. The monoisotopic (exact) mass is 506 g/mol. The number of benzene rings is 1. The lowest BCUT2D eigenvalue weighted by Crippen LogP contribution is -2.46. The number of carbonyl (C=O) groups excluding carboxylic acids is 2. The van der Waals surface area contributed by atoms with E-state index in [2.05, 4.69) is 15.6 Å². The molecule has 8 heteroatoms. The van der Waals surface area contributed by atoms with E-state index in [4.69, 9.17) is 0 Å². The molecular formula is C29H38N4O4. The van der Waals surface area contributed by atoms with E-state index in [0.717, 1.165) is 55.5 Å². The van der Waals surface area contributed by atoms with Crippen LogP contribution in [0.25, 0.3) is 11.1 Å². The highest BCUT2D eigenvalue weighted by atomic mass is 16.4. The molecule has 0 radical (unpaired) electrons. The number of aromatic nitrogens is 1. The highest BCUT2D eigenvalue weighted by Gasteiger charge is 2.30. The predicted molar refractivity (Wildman–Crippen MR) is 142 cm³/mol. The van der Waals surface area contributed by atoms with Crippen molar-refractivity contribution in [3.63, 3.8) is 0 Å². The normalized spacial score (nSPS) is 19.3. The van der Waals surface area contributed by atoms with E-state index in [1.807, 2.05) is 42.2 Å². The average molecular weight is 507 g/mol. The number of carboxylic acids is 1. The van der Waals surface area contributed by atoms with Crippen LogP contribution in [0.1, 0.15) is 62.1 Å². The summed E-state index contributed by atoms with van der Waals surface area (Å²) in [4.78, 5) is 43.9. The summed E-state index contributed by atoms with van der Waals surface area (Å²) in [5, 5.41) is 15.9. The van der Waals surface area contributed by atoms with Crippen LogP contribution in [0.2, 0.25) is 0 Å². The van der Waals surface area contributed by atoms with E-state index in [1.54, 1.807) is 12.4 Å². The van der Waals surface area contributed by atoms with Crippen LogP contribution in [-0.2, 0) is 14.4 Å². The van der Waals surface area contributed by atoms with Crippen LogP contribution in [0.5, 0.6) is 0 Å². The largest absolute Gasteiger partial charge is 0.481 e. The number of piperidine rings is 2. The van der Waals surface area contributed by atoms with Gasteiger partial charge in [0.05, 0.1) is 18.4 Å². The summed E-state index contributed by atoms with van der Waals surface area (Å²) in [6.45, 7) is 5.12. The number of nitrogens with zero attached hydrogens (tertiary/aromatic N) is 2. The Morgan fingerprint density at radius 3 is 2.59 bits per heavy atom. The van der Waals surface area contributed by atoms with Crippen molar-refractivity contribution in [1.82, 2.24) is 20.5 Å². The maximum atomic E-state index is 13.3. The second kappa shape index (κ2) is 12.8. The lowest BCUT2D eigenvalue weighted by molar-refractivity contribution is -0.138. The minimum Gasteiger partial charge on any atom is -0.481 e. The fraction of sp³-hybridized carbons (Fsp3) is 0.517. The fourth-order valence-corrected chi connectivity index (χ4v) is 5.34. The zero-order valence-electron chi connectivity index (χ0n) is 21.6. The van der Waals surface area contributed by atoms with Crippen molar-refractivity contribution in [3.05, 3.63) is 53.9 Å². The number of pyridine rings is 1. The van der Waals surface area contributed by atoms with Gasteiger partial charge in [0, 0.05) is 37.5 Å². The minimum absolute atomic E-state index is 0.119. The van der Waals surface area contributed by atoms with E-state index >= 15 is 0 Å². The van der Waals surface area contributed by atoms with Crippen molar-refractivity contribution < 1.29 is 19.5 Å². The summed E-state index contributed by atoms with van der Waals surface area (Å²) >= 11 is 0. The van der Waals surface area contributed by atoms with Gasteiger partial charge < -0.3 is 20.6 Å². The molecule has 2 fully saturated rings. The first-order valence-electron chi connectivity index (χ1n) is 13.4. The summed E-state index contributed by atoms with van der Waals surface area (Å²) in [5.74, 6) is -0.836. The molecule has 0 aliphatic carbocycles. The lowest BCUT2D eigenvalue weighted by atomic mass is 9.92. The van der Waals surface area contributed by atoms with Gasteiger partial charge in [0.1, 0.15) is 0 Å². The highest BCUT2D eigenvalue weighted by Crippen LogP contribution is 2.26. The number of nitrogens with one attached hydrogen (secondary N) is 2. The van der Waals surface area contributed by atoms with Gasteiger partial charge in [-0.2, -0.15) is 0 Å². The molecule has 2 amide bonds. The first kappa shape index (κ1) is 26.8. The molecule has 0 saturated carbocycles. The van der Waals surface area contributed by atoms with Gasteiger partial charge >= 0.3 is 5.97 Å². The minimum atomic E-state index is -0.996. The Labute approximate surface area is 218 Å². The highest BCUT2D eigenvalue weighted by molar-refractivity contribution is 5.82. The molecule has 3 N–H and O–H groups in total.